The summed E-state index contributed by atoms with van der Waals surface area (Å²) in [5, 5.41) is 15.7. The summed E-state index contributed by atoms with van der Waals surface area (Å²) in [5.74, 6) is 0.424. The van der Waals surface area contributed by atoms with Crippen LogP contribution in [0, 0.1) is 10.1 Å². The summed E-state index contributed by atoms with van der Waals surface area (Å²) >= 11 is 1.28. The maximum atomic E-state index is 12.2. The Morgan fingerprint density at radius 1 is 1.24 bits per heavy atom. The number of ether oxygens (including phenoxy) is 1. The molecule has 1 amide bonds. The standard InChI is InChI=1S/C21H19N3O4S/c1-2-13-28-19-6-4-3-5-16(19)9-12-20(25)23-21-22-18(14-29-21)15-7-10-17(11-8-15)24(26)27/h3-12,14H,2,13H2,1H3,(H,22,23,25)/b12-9+. The Balaban J connectivity index is 1.65. The number of nitro benzene ring substituents is 1. The second-order valence-corrected chi connectivity index (χ2v) is 6.91. The van der Waals surface area contributed by atoms with Gasteiger partial charge in [-0.3, -0.25) is 20.2 Å². The summed E-state index contributed by atoms with van der Waals surface area (Å²) < 4.78 is 5.68. The fraction of sp³-hybridized carbons (Fsp3) is 0.143. The SMILES string of the molecule is CCCOc1ccccc1/C=C/C(=O)Nc1nc(-c2ccc([N+](=O)[O-])cc2)cs1. The quantitative estimate of drug-likeness (QED) is 0.315. The van der Waals surface area contributed by atoms with Gasteiger partial charge in [-0.2, -0.15) is 0 Å². The van der Waals surface area contributed by atoms with Crippen LogP contribution in [0.1, 0.15) is 18.9 Å². The van der Waals surface area contributed by atoms with Gasteiger partial charge in [0.1, 0.15) is 5.75 Å². The van der Waals surface area contributed by atoms with E-state index in [9.17, 15) is 14.9 Å². The monoisotopic (exact) mass is 409 g/mol. The van der Waals surface area contributed by atoms with Crippen molar-refractivity contribution in [2.75, 3.05) is 11.9 Å². The van der Waals surface area contributed by atoms with Crippen LogP contribution >= 0.6 is 11.3 Å². The Morgan fingerprint density at radius 2 is 2.00 bits per heavy atom. The van der Waals surface area contributed by atoms with Crippen LogP contribution in [0.5, 0.6) is 5.75 Å². The summed E-state index contributed by atoms with van der Waals surface area (Å²) in [4.78, 5) is 26.9. The Bertz CT molecular complexity index is 1030. The van der Waals surface area contributed by atoms with Gasteiger partial charge < -0.3 is 4.74 Å². The van der Waals surface area contributed by atoms with Crippen LogP contribution in [0.15, 0.2) is 60.0 Å². The first-order valence-corrected chi connectivity index (χ1v) is 9.86. The molecular formula is C21H19N3O4S. The van der Waals surface area contributed by atoms with Gasteiger partial charge in [-0.25, -0.2) is 4.98 Å². The molecule has 0 saturated heterocycles. The molecule has 29 heavy (non-hydrogen) atoms. The number of rotatable bonds is 8. The molecule has 0 bridgehead atoms. The van der Waals surface area contributed by atoms with E-state index in [1.165, 1.54) is 29.5 Å². The molecule has 0 aliphatic carbocycles. The van der Waals surface area contributed by atoms with E-state index in [2.05, 4.69) is 10.3 Å². The number of aromatic nitrogens is 1. The highest BCUT2D eigenvalue weighted by Crippen LogP contribution is 2.26. The lowest BCUT2D eigenvalue weighted by atomic mass is 10.1. The molecule has 0 radical (unpaired) electrons. The number of nitro groups is 1. The summed E-state index contributed by atoms with van der Waals surface area (Å²) in [6, 6.07) is 13.6. The molecule has 2 aromatic carbocycles. The van der Waals surface area contributed by atoms with Gasteiger partial charge in [0.15, 0.2) is 5.13 Å². The smallest absolute Gasteiger partial charge is 0.269 e. The molecule has 1 N–H and O–H groups in total. The van der Waals surface area contributed by atoms with E-state index in [-0.39, 0.29) is 11.6 Å². The maximum absolute atomic E-state index is 12.2. The minimum Gasteiger partial charge on any atom is -0.493 e. The van der Waals surface area contributed by atoms with Crippen LogP contribution in [0.3, 0.4) is 0 Å². The van der Waals surface area contributed by atoms with Crippen molar-refractivity contribution < 1.29 is 14.5 Å². The van der Waals surface area contributed by atoms with Crippen molar-refractivity contribution in [2.24, 2.45) is 0 Å². The first kappa shape index (κ1) is 20.2. The van der Waals surface area contributed by atoms with Crippen molar-refractivity contribution in [1.29, 1.82) is 0 Å². The molecular weight excluding hydrogens is 390 g/mol. The minimum atomic E-state index is -0.450. The van der Waals surface area contributed by atoms with Gasteiger partial charge in [-0.15, -0.1) is 11.3 Å². The number of benzene rings is 2. The number of hydrogen-bond donors (Lipinski definition) is 1. The zero-order valence-electron chi connectivity index (χ0n) is 15.7. The highest BCUT2D eigenvalue weighted by molar-refractivity contribution is 7.14. The van der Waals surface area contributed by atoms with Gasteiger partial charge in [0.05, 0.1) is 17.2 Å². The third kappa shape index (κ3) is 5.49. The summed E-state index contributed by atoms with van der Waals surface area (Å²) in [6.45, 7) is 2.65. The van der Waals surface area contributed by atoms with Crippen molar-refractivity contribution in [2.45, 2.75) is 13.3 Å². The van der Waals surface area contributed by atoms with Crippen LogP contribution in [0.4, 0.5) is 10.8 Å². The number of carbonyl (C=O) groups is 1. The maximum Gasteiger partial charge on any atom is 0.269 e. The molecule has 8 heteroatoms. The molecule has 1 heterocycles. The number of amides is 1. The summed E-state index contributed by atoms with van der Waals surface area (Å²) in [7, 11) is 0. The van der Waals surface area contributed by atoms with E-state index in [0.717, 1.165) is 23.3 Å². The molecule has 0 aliphatic rings. The van der Waals surface area contributed by atoms with E-state index >= 15 is 0 Å². The van der Waals surface area contributed by atoms with Gasteiger partial charge in [0.25, 0.3) is 5.69 Å². The largest absolute Gasteiger partial charge is 0.493 e. The summed E-state index contributed by atoms with van der Waals surface area (Å²) in [5.41, 5.74) is 2.22. The molecule has 0 aliphatic heterocycles. The number of hydrogen-bond acceptors (Lipinski definition) is 6. The van der Waals surface area contributed by atoms with E-state index < -0.39 is 4.92 Å². The Hall–Kier alpha value is -3.52. The highest BCUT2D eigenvalue weighted by atomic mass is 32.1. The molecule has 1 aromatic heterocycles. The van der Waals surface area contributed by atoms with Gasteiger partial charge in [-0.1, -0.05) is 25.1 Å². The fourth-order valence-corrected chi connectivity index (χ4v) is 3.21. The van der Waals surface area contributed by atoms with Gasteiger partial charge in [0.2, 0.25) is 5.91 Å². The molecule has 3 rings (SSSR count). The van der Waals surface area contributed by atoms with Gasteiger partial charge in [-0.05, 0) is 30.7 Å². The molecule has 0 saturated carbocycles. The predicted octanol–water partition coefficient (Wildman–Crippen LogP) is 5.16. The van der Waals surface area contributed by atoms with Crippen LogP contribution in [0.2, 0.25) is 0 Å². The Labute approximate surface area is 171 Å². The number of non-ortho nitro benzene ring substituents is 1. The van der Waals surface area contributed by atoms with Gasteiger partial charge in [0, 0.05) is 34.7 Å². The first-order valence-electron chi connectivity index (χ1n) is 8.98. The van der Waals surface area contributed by atoms with Crippen LogP contribution in [0.25, 0.3) is 17.3 Å². The van der Waals surface area contributed by atoms with Crippen molar-refractivity contribution in [1.82, 2.24) is 4.98 Å². The Kier molecular flexibility index (Phi) is 6.70. The number of thiazole rings is 1. The lowest BCUT2D eigenvalue weighted by Crippen LogP contribution is -2.07. The zero-order valence-corrected chi connectivity index (χ0v) is 16.5. The van der Waals surface area contributed by atoms with Crippen LogP contribution in [-0.2, 0) is 4.79 Å². The first-order chi connectivity index (χ1) is 14.1. The van der Waals surface area contributed by atoms with E-state index in [0.29, 0.717) is 17.4 Å². The molecule has 0 unspecified atom stereocenters. The number of anilines is 1. The molecule has 3 aromatic rings. The van der Waals surface area contributed by atoms with Crippen molar-refractivity contribution in [3.63, 3.8) is 0 Å². The third-order valence-corrected chi connectivity index (χ3v) is 4.66. The second kappa shape index (κ2) is 9.61. The molecule has 148 valence electrons. The van der Waals surface area contributed by atoms with Crippen molar-refractivity contribution in [3.05, 3.63) is 75.7 Å². The number of nitrogens with zero attached hydrogens (tertiary/aromatic N) is 2. The molecule has 0 atom stereocenters. The Morgan fingerprint density at radius 3 is 2.72 bits per heavy atom. The van der Waals surface area contributed by atoms with E-state index in [1.807, 2.05) is 31.2 Å². The van der Waals surface area contributed by atoms with Crippen molar-refractivity contribution >= 4 is 34.1 Å². The fourth-order valence-electron chi connectivity index (χ4n) is 2.49. The number of nitrogens with one attached hydrogen (secondary N) is 1. The summed E-state index contributed by atoms with van der Waals surface area (Å²) in [6.07, 6.45) is 4.03. The van der Waals surface area contributed by atoms with Gasteiger partial charge >= 0.3 is 0 Å². The lowest BCUT2D eigenvalue weighted by Gasteiger charge is -2.07. The average Bonchev–Trinajstić information content (AvgIpc) is 3.19. The van der Waals surface area contributed by atoms with Crippen LogP contribution < -0.4 is 10.1 Å². The highest BCUT2D eigenvalue weighted by Gasteiger charge is 2.09. The third-order valence-electron chi connectivity index (χ3n) is 3.90. The topological polar surface area (TPSA) is 94.4 Å². The number of para-hydroxylation sites is 1. The normalized spacial score (nSPS) is 10.8. The predicted molar refractivity (Wildman–Crippen MR) is 114 cm³/mol. The van der Waals surface area contributed by atoms with E-state index in [4.69, 9.17) is 4.74 Å². The molecule has 0 spiro atoms. The van der Waals surface area contributed by atoms with Crippen molar-refractivity contribution in [3.8, 4) is 17.0 Å². The van der Waals surface area contributed by atoms with Crippen LogP contribution in [-0.4, -0.2) is 22.4 Å². The average molecular weight is 409 g/mol. The molecule has 7 nitrogen and oxygen atoms in total. The second-order valence-electron chi connectivity index (χ2n) is 6.05. The molecule has 0 fully saturated rings. The minimum absolute atomic E-state index is 0.0193. The zero-order chi connectivity index (χ0) is 20.6. The van der Waals surface area contributed by atoms with E-state index in [1.54, 1.807) is 23.6 Å². The number of carbonyl (C=O) groups excluding carboxylic acids is 1. The lowest BCUT2D eigenvalue weighted by molar-refractivity contribution is -0.384.